The summed E-state index contributed by atoms with van der Waals surface area (Å²) in [6, 6.07) is 13.8. The molecule has 0 saturated heterocycles. The van der Waals surface area contributed by atoms with Crippen LogP contribution in [-0.4, -0.2) is 24.9 Å². The number of aliphatic hydroxyl groups excluding tert-OH is 1. The minimum atomic E-state index is -0.516. The predicted molar refractivity (Wildman–Crippen MR) is 85.3 cm³/mol. The van der Waals surface area contributed by atoms with Gasteiger partial charge in [-0.2, -0.15) is 0 Å². The number of fused-ring (bicyclic) bond motifs is 1. The molecule has 0 aliphatic carbocycles. The van der Waals surface area contributed by atoms with Gasteiger partial charge in [-0.3, -0.25) is 0 Å². The first-order valence-electron chi connectivity index (χ1n) is 7.57. The third kappa shape index (κ3) is 3.40. The minimum Gasteiger partial charge on any atom is -0.486 e. The lowest BCUT2D eigenvalue weighted by atomic mass is 10.1. The van der Waals surface area contributed by atoms with Crippen LogP contribution in [0.4, 0.5) is 0 Å². The van der Waals surface area contributed by atoms with E-state index in [0.29, 0.717) is 26.3 Å². The molecular weight excluding hydrogens is 278 g/mol. The van der Waals surface area contributed by atoms with Crippen molar-refractivity contribution < 1.29 is 14.6 Å². The quantitative estimate of drug-likeness (QED) is 0.891. The highest BCUT2D eigenvalue weighted by atomic mass is 16.6. The molecule has 2 N–H and O–H groups in total. The number of para-hydroxylation sites is 1. The Morgan fingerprint density at radius 1 is 1.09 bits per heavy atom. The Morgan fingerprint density at radius 2 is 1.86 bits per heavy atom. The Morgan fingerprint density at radius 3 is 2.68 bits per heavy atom. The van der Waals surface area contributed by atoms with Crippen LogP contribution in [0.3, 0.4) is 0 Å². The van der Waals surface area contributed by atoms with Crippen molar-refractivity contribution in [3.8, 4) is 11.5 Å². The minimum absolute atomic E-state index is 0.494. The molecule has 0 fully saturated rings. The first-order valence-corrected chi connectivity index (χ1v) is 7.57. The molecule has 2 aromatic rings. The third-order valence-electron chi connectivity index (χ3n) is 3.76. The van der Waals surface area contributed by atoms with Crippen molar-refractivity contribution in [2.75, 3.05) is 19.8 Å². The summed E-state index contributed by atoms with van der Waals surface area (Å²) in [6.07, 6.45) is -0.516. The van der Waals surface area contributed by atoms with E-state index in [9.17, 15) is 5.11 Å². The van der Waals surface area contributed by atoms with Gasteiger partial charge in [0.15, 0.2) is 11.5 Å². The van der Waals surface area contributed by atoms with Crippen molar-refractivity contribution in [3.63, 3.8) is 0 Å². The smallest absolute Gasteiger partial charge is 0.165 e. The van der Waals surface area contributed by atoms with Gasteiger partial charge in [0.1, 0.15) is 13.2 Å². The molecule has 0 bridgehead atoms. The second-order valence-electron chi connectivity index (χ2n) is 5.50. The Bertz CT molecular complexity index is 625. The Balaban J connectivity index is 1.58. The summed E-state index contributed by atoms with van der Waals surface area (Å²) in [5.74, 6) is 1.61. The van der Waals surface area contributed by atoms with Crippen molar-refractivity contribution in [1.29, 1.82) is 0 Å². The van der Waals surface area contributed by atoms with Crippen molar-refractivity contribution >= 4 is 0 Å². The van der Waals surface area contributed by atoms with Gasteiger partial charge < -0.3 is 19.9 Å². The summed E-state index contributed by atoms with van der Waals surface area (Å²) in [5, 5.41) is 13.5. The molecule has 2 aromatic carbocycles. The second kappa shape index (κ2) is 6.81. The van der Waals surface area contributed by atoms with Crippen LogP contribution in [0, 0.1) is 6.92 Å². The molecule has 4 heteroatoms. The van der Waals surface area contributed by atoms with E-state index in [2.05, 4.69) is 5.32 Å². The highest BCUT2D eigenvalue weighted by Crippen LogP contribution is 2.33. The van der Waals surface area contributed by atoms with Crippen LogP contribution in [-0.2, 0) is 6.54 Å². The monoisotopic (exact) mass is 299 g/mol. The molecule has 1 heterocycles. The second-order valence-corrected chi connectivity index (χ2v) is 5.50. The molecule has 0 spiro atoms. The van der Waals surface area contributed by atoms with Crippen LogP contribution >= 0.6 is 0 Å². The highest BCUT2D eigenvalue weighted by Gasteiger charge is 2.15. The average Bonchev–Trinajstić information content (AvgIpc) is 2.55. The lowest BCUT2D eigenvalue weighted by molar-refractivity contribution is 0.166. The number of hydrogen-bond acceptors (Lipinski definition) is 4. The lowest BCUT2D eigenvalue weighted by Gasteiger charge is -2.21. The van der Waals surface area contributed by atoms with Crippen LogP contribution < -0.4 is 14.8 Å². The van der Waals surface area contributed by atoms with Gasteiger partial charge in [-0.15, -0.1) is 0 Å². The molecule has 1 aliphatic heterocycles. The summed E-state index contributed by atoms with van der Waals surface area (Å²) >= 11 is 0. The zero-order valence-electron chi connectivity index (χ0n) is 12.7. The Hall–Kier alpha value is -2.04. The zero-order chi connectivity index (χ0) is 15.4. The topological polar surface area (TPSA) is 50.7 Å². The van der Waals surface area contributed by atoms with Crippen LogP contribution in [0.25, 0.3) is 0 Å². The molecule has 4 nitrogen and oxygen atoms in total. The molecule has 0 amide bonds. The van der Waals surface area contributed by atoms with Gasteiger partial charge in [0.05, 0.1) is 6.10 Å². The molecular formula is C18H21NO3. The molecule has 0 aromatic heterocycles. The maximum Gasteiger partial charge on any atom is 0.165 e. The average molecular weight is 299 g/mol. The maximum atomic E-state index is 10.2. The molecule has 0 saturated carbocycles. The van der Waals surface area contributed by atoms with Gasteiger partial charge in [0.2, 0.25) is 0 Å². The highest BCUT2D eigenvalue weighted by molar-refractivity contribution is 5.47. The maximum absolute atomic E-state index is 10.2. The largest absolute Gasteiger partial charge is 0.486 e. The fourth-order valence-electron chi connectivity index (χ4n) is 2.52. The van der Waals surface area contributed by atoms with Gasteiger partial charge in [-0.25, -0.2) is 0 Å². The predicted octanol–water partition coefficient (Wildman–Crippen LogP) is 2.59. The molecule has 0 unspecified atom stereocenters. The molecule has 22 heavy (non-hydrogen) atoms. The summed E-state index contributed by atoms with van der Waals surface area (Å²) in [6.45, 7) is 4.34. The van der Waals surface area contributed by atoms with E-state index >= 15 is 0 Å². The van der Waals surface area contributed by atoms with E-state index < -0.39 is 6.10 Å². The number of nitrogens with one attached hydrogen (secondary N) is 1. The summed E-state index contributed by atoms with van der Waals surface area (Å²) in [7, 11) is 0. The standard InChI is InChI=1S/C18H21NO3/c1-13-5-7-14(8-6-13)16(20)12-19-11-15-3-2-4-17-18(15)22-10-9-21-17/h2-8,16,19-20H,9-12H2,1H3/t16-/m0/s1. The molecule has 0 radical (unpaired) electrons. The van der Waals surface area contributed by atoms with Crippen LogP contribution in [0.15, 0.2) is 42.5 Å². The Labute approximate surface area is 130 Å². The van der Waals surface area contributed by atoms with Crippen LogP contribution in [0.1, 0.15) is 22.8 Å². The van der Waals surface area contributed by atoms with Gasteiger partial charge in [-0.05, 0) is 18.6 Å². The number of aryl methyl sites for hydroxylation is 1. The van der Waals surface area contributed by atoms with E-state index in [4.69, 9.17) is 9.47 Å². The van der Waals surface area contributed by atoms with E-state index in [1.54, 1.807) is 0 Å². The normalized spacial score (nSPS) is 14.6. The number of hydrogen-bond donors (Lipinski definition) is 2. The lowest BCUT2D eigenvalue weighted by Crippen LogP contribution is -2.23. The Kier molecular flexibility index (Phi) is 4.61. The van der Waals surface area contributed by atoms with E-state index in [0.717, 1.165) is 22.6 Å². The van der Waals surface area contributed by atoms with Crippen LogP contribution in [0.2, 0.25) is 0 Å². The van der Waals surface area contributed by atoms with Crippen molar-refractivity contribution in [1.82, 2.24) is 5.32 Å². The molecule has 1 atom stereocenters. The number of benzene rings is 2. The van der Waals surface area contributed by atoms with Gasteiger partial charge in [-0.1, -0.05) is 42.0 Å². The molecule has 1 aliphatic rings. The van der Waals surface area contributed by atoms with E-state index in [1.165, 1.54) is 5.56 Å². The summed E-state index contributed by atoms with van der Waals surface area (Å²) < 4.78 is 11.3. The fourth-order valence-corrected chi connectivity index (χ4v) is 2.52. The summed E-state index contributed by atoms with van der Waals surface area (Å²) in [4.78, 5) is 0. The van der Waals surface area contributed by atoms with Crippen molar-refractivity contribution in [2.24, 2.45) is 0 Å². The van der Waals surface area contributed by atoms with E-state index in [1.807, 2.05) is 49.4 Å². The van der Waals surface area contributed by atoms with Gasteiger partial charge >= 0.3 is 0 Å². The van der Waals surface area contributed by atoms with Crippen LogP contribution in [0.5, 0.6) is 11.5 Å². The molecule has 3 rings (SSSR count). The SMILES string of the molecule is Cc1ccc([C@@H](O)CNCc2cccc3c2OCCO3)cc1. The van der Waals surface area contributed by atoms with E-state index in [-0.39, 0.29) is 0 Å². The van der Waals surface area contributed by atoms with Gasteiger partial charge in [0, 0.05) is 18.7 Å². The first kappa shape index (κ1) is 14.9. The zero-order valence-corrected chi connectivity index (χ0v) is 12.7. The first-order chi connectivity index (χ1) is 10.7. The van der Waals surface area contributed by atoms with Gasteiger partial charge in [0.25, 0.3) is 0 Å². The fraction of sp³-hybridized carbons (Fsp3) is 0.333. The number of rotatable bonds is 5. The van der Waals surface area contributed by atoms with Crippen molar-refractivity contribution in [2.45, 2.75) is 19.6 Å². The summed E-state index contributed by atoms with van der Waals surface area (Å²) in [5.41, 5.74) is 3.16. The van der Waals surface area contributed by atoms with Crippen molar-refractivity contribution in [3.05, 3.63) is 59.2 Å². The molecule has 116 valence electrons. The third-order valence-corrected chi connectivity index (χ3v) is 3.76. The number of ether oxygens (including phenoxy) is 2. The number of aliphatic hydroxyl groups is 1.